The summed E-state index contributed by atoms with van der Waals surface area (Å²) in [7, 11) is 1.43. The number of ether oxygens (including phenoxy) is 1. The minimum absolute atomic E-state index is 0.0971. The predicted molar refractivity (Wildman–Crippen MR) is 54.2 cm³/mol. The van der Waals surface area contributed by atoms with Gasteiger partial charge in [0.05, 0.1) is 5.56 Å². The smallest absolute Gasteiger partial charge is 0.194 e. The van der Waals surface area contributed by atoms with Crippen molar-refractivity contribution in [1.29, 1.82) is 0 Å². The van der Waals surface area contributed by atoms with Gasteiger partial charge in [-0.25, -0.2) is 8.78 Å². The zero-order chi connectivity index (χ0) is 11.7. The molecule has 1 atom stereocenters. The molecule has 0 heterocycles. The quantitative estimate of drug-likeness (QED) is 0.737. The van der Waals surface area contributed by atoms with Crippen molar-refractivity contribution in [2.45, 2.75) is 18.9 Å². The molecule has 2 rings (SSSR count). The summed E-state index contributed by atoms with van der Waals surface area (Å²) in [4.78, 5) is 11.9. The van der Waals surface area contributed by atoms with Crippen molar-refractivity contribution in [3.8, 4) is 0 Å². The molecule has 16 heavy (non-hydrogen) atoms. The minimum Gasteiger partial charge on any atom is -0.373 e. The Labute approximate surface area is 92.2 Å². The first-order chi connectivity index (χ1) is 7.63. The van der Waals surface area contributed by atoms with Gasteiger partial charge in [-0.1, -0.05) is 0 Å². The standard InChI is InChI=1S/C12H12F2O2/c1-16-12(7-2-3-7)11(15)9-5-4-8(13)6-10(9)14/h4-7,12H,2-3H2,1H3. The number of carbonyl (C=O) groups excluding carboxylic acids is 1. The maximum Gasteiger partial charge on any atom is 0.194 e. The highest BCUT2D eigenvalue weighted by atomic mass is 19.1. The Morgan fingerprint density at radius 3 is 2.62 bits per heavy atom. The summed E-state index contributed by atoms with van der Waals surface area (Å²) in [6.07, 6.45) is 1.25. The number of ketones is 1. The zero-order valence-electron chi connectivity index (χ0n) is 8.87. The summed E-state index contributed by atoms with van der Waals surface area (Å²) in [5.41, 5.74) is -0.0971. The highest BCUT2D eigenvalue weighted by molar-refractivity contribution is 6.00. The molecule has 86 valence electrons. The Morgan fingerprint density at radius 1 is 1.44 bits per heavy atom. The summed E-state index contributed by atoms with van der Waals surface area (Å²) in [6, 6.07) is 2.96. The normalized spacial score (nSPS) is 17.2. The van der Waals surface area contributed by atoms with Crippen LogP contribution < -0.4 is 0 Å². The summed E-state index contributed by atoms with van der Waals surface area (Å²) >= 11 is 0. The lowest BCUT2D eigenvalue weighted by molar-refractivity contribution is 0.0535. The first-order valence-electron chi connectivity index (χ1n) is 5.15. The highest BCUT2D eigenvalue weighted by Gasteiger charge is 2.37. The molecule has 0 aromatic heterocycles. The number of benzene rings is 1. The SMILES string of the molecule is COC(C(=O)c1ccc(F)cc1F)C1CC1. The fourth-order valence-electron chi connectivity index (χ4n) is 1.76. The van der Waals surface area contributed by atoms with Crippen LogP contribution in [0.2, 0.25) is 0 Å². The van der Waals surface area contributed by atoms with Gasteiger partial charge in [0, 0.05) is 13.2 Å². The van der Waals surface area contributed by atoms with Crippen molar-refractivity contribution in [3.63, 3.8) is 0 Å². The monoisotopic (exact) mass is 226 g/mol. The third-order valence-corrected chi connectivity index (χ3v) is 2.76. The molecule has 0 spiro atoms. The largest absolute Gasteiger partial charge is 0.373 e. The fourth-order valence-corrected chi connectivity index (χ4v) is 1.76. The maximum absolute atomic E-state index is 13.4. The van der Waals surface area contributed by atoms with Gasteiger partial charge < -0.3 is 4.74 Å². The first-order valence-corrected chi connectivity index (χ1v) is 5.15. The van der Waals surface area contributed by atoms with Crippen LogP contribution in [0.5, 0.6) is 0 Å². The lowest BCUT2D eigenvalue weighted by Gasteiger charge is -2.13. The molecule has 0 bridgehead atoms. The van der Waals surface area contributed by atoms with Gasteiger partial charge in [0.2, 0.25) is 0 Å². The van der Waals surface area contributed by atoms with Crippen molar-refractivity contribution in [1.82, 2.24) is 0 Å². The third-order valence-electron chi connectivity index (χ3n) is 2.76. The molecule has 0 aliphatic heterocycles. The van der Waals surface area contributed by atoms with Crippen molar-refractivity contribution >= 4 is 5.78 Å². The van der Waals surface area contributed by atoms with Crippen LogP contribution in [0.25, 0.3) is 0 Å². The number of methoxy groups -OCH3 is 1. The van der Waals surface area contributed by atoms with Gasteiger partial charge in [0.1, 0.15) is 17.7 Å². The fraction of sp³-hybridized carbons (Fsp3) is 0.417. The average Bonchev–Trinajstić information content (AvgIpc) is 3.02. The molecule has 1 fully saturated rings. The third kappa shape index (κ3) is 2.11. The van der Waals surface area contributed by atoms with E-state index in [1.165, 1.54) is 13.2 Å². The molecular weight excluding hydrogens is 214 g/mol. The van der Waals surface area contributed by atoms with Crippen LogP contribution in [0.1, 0.15) is 23.2 Å². The van der Waals surface area contributed by atoms with Crippen LogP contribution in [0.3, 0.4) is 0 Å². The number of Topliss-reactive ketones (excluding diaryl/α,β-unsaturated/α-hetero) is 1. The van der Waals surface area contributed by atoms with Crippen LogP contribution in [0.4, 0.5) is 8.78 Å². The van der Waals surface area contributed by atoms with E-state index in [1.807, 2.05) is 0 Å². The Balaban J connectivity index is 2.25. The van der Waals surface area contributed by atoms with Gasteiger partial charge >= 0.3 is 0 Å². The number of carbonyl (C=O) groups is 1. The summed E-state index contributed by atoms with van der Waals surface area (Å²) in [6.45, 7) is 0. The molecule has 0 N–H and O–H groups in total. The van der Waals surface area contributed by atoms with Crippen LogP contribution >= 0.6 is 0 Å². The molecule has 4 heteroatoms. The molecule has 1 aliphatic carbocycles. The van der Waals surface area contributed by atoms with E-state index < -0.39 is 23.5 Å². The van der Waals surface area contributed by atoms with Crippen molar-refractivity contribution < 1.29 is 18.3 Å². The van der Waals surface area contributed by atoms with Gasteiger partial charge in [0.25, 0.3) is 0 Å². The van der Waals surface area contributed by atoms with E-state index in [-0.39, 0.29) is 11.5 Å². The maximum atomic E-state index is 13.4. The Morgan fingerprint density at radius 2 is 2.12 bits per heavy atom. The molecule has 1 aromatic carbocycles. The van der Waals surface area contributed by atoms with E-state index in [9.17, 15) is 13.6 Å². The van der Waals surface area contributed by atoms with Gasteiger partial charge in [-0.2, -0.15) is 0 Å². The molecule has 2 nitrogen and oxygen atoms in total. The molecule has 1 aliphatic rings. The Hall–Kier alpha value is -1.29. The van der Waals surface area contributed by atoms with Gasteiger partial charge in [-0.3, -0.25) is 4.79 Å². The van der Waals surface area contributed by atoms with Crippen molar-refractivity contribution in [2.24, 2.45) is 5.92 Å². The van der Waals surface area contributed by atoms with Gasteiger partial charge in [-0.15, -0.1) is 0 Å². The van der Waals surface area contributed by atoms with E-state index >= 15 is 0 Å². The molecular formula is C12H12F2O2. The van der Waals surface area contributed by atoms with E-state index in [0.717, 1.165) is 18.9 Å². The molecule has 0 radical (unpaired) electrons. The second-order valence-electron chi connectivity index (χ2n) is 3.98. The van der Waals surface area contributed by atoms with Crippen LogP contribution in [0.15, 0.2) is 18.2 Å². The molecule has 1 aromatic rings. The Bertz CT molecular complexity index is 413. The van der Waals surface area contributed by atoms with Crippen LogP contribution in [-0.4, -0.2) is 19.0 Å². The zero-order valence-corrected chi connectivity index (χ0v) is 8.87. The topological polar surface area (TPSA) is 26.3 Å². The Kier molecular flexibility index (Phi) is 3.01. The van der Waals surface area contributed by atoms with E-state index in [4.69, 9.17) is 4.74 Å². The summed E-state index contributed by atoms with van der Waals surface area (Å²) in [5, 5.41) is 0. The number of halogens is 2. The van der Waals surface area contributed by atoms with Crippen LogP contribution in [0, 0.1) is 17.6 Å². The average molecular weight is 226 g/mol. The summed E-state index contributed by atoms with van der Waals surface area (Å²) < 4.78 is 31.1. The van der Waals surface area contributed by atoms with Crippen LogP contribution in [-0.2, 0) is 4.74 Å². The number of rotatable bonds is 4. The second-order valence-corrected chi connectivity index (χ2v) is 3.98. The molecule has 1 unspecified atom stereocenters. The lowest BCUT2D eigenvalue weighted by Crippen LogP contribution is -2.26. The lowest BCUT2D eigenvalue weighted by atomic mass is 10.0. The van der Waals surface area contributed by atoms with Crippen molar-refractivity contribution in [2.75, 3.05) is 7.11 Å². The minimum atomic E-state index is -0.826. The van der Waals surface area contributed by atoms with E-state index in [1.54, 1.807) is 0 Å². The number of hydrogen-bond acceptors (Lipinski definition) is 2. The molecule has 0 saturated heterocycles. The molecule has 1 saturated carbocycles. The van der Waals surface area contributed by atoms with Crippen molar-refractivity contribution in [3.05, 3.63) is 35.4 Å². The van der Waals surface area contributed by atoms with E-state index in [2.05, 4.69) is 0 Å². The predicted octanol–water partition coefficient (Wildman–Crippen LogP) is 2.57. The summed E-state index contributed by atoms with van der Waals surface area (Å²) in [5.74, 6) is -1.73. The number of hydrogen-bond donors (Lipinski definition) is 0. The first kappa shape index (κ1) is 11.2. The molecule has 0 amide bonds. The van der Waals surface area contributed by atoms with Gasteiger partial charge in [-0.05, 0) is 30.9 Å². The van der Waals surface area contributed by atoms with Gasteiger partial charge in [0.15, 0.2) is 5.78 Å². The highest BCUT2D eigenvalue weighted by Crippen LogP contribution is 2.35. The van der Waals surface area contributed by atoms with E-state index in [0.29, 0.717) is 6.07 Å². The second kappa shape index (κ2) is 4.29.